The number of aliphatic hydroxyl groups excluding tert-OH is 1. The Bertz CT molecular complexity index is 1960. The van der Waals surface area contributed by atoms with Gasteiger partial charge in [-0.15, -0.1) is 0 Å². The molecule has 0 bridgehead atoms. The highest BCUT2D eigenvalue weighted by molar-refractivity contribution is 7.47. The lowest BCUT2D eigenvalue weighted by atomic mass is 10.00. The van der Waals surface area contributed by atoms with E-state index in [-0.39, 0.29) is 25.7 Å². The Labute approximate surface area is 619 Å². The molecule has 600 valence electrons. The van der Waals surface area contributed by atoms with Crippen molar-refractivity contribution in [3.8, 4) is 0 Å². The predicted molar refractivity (Wildman–Crippen MR) is 414 cm³/mol. The second-order valence-electron chi connectivity index (χ2n) is 30.7. The Morgan fingerprint density at radius 1 is 0.287 bits per heavy atom. The molecule has 0 heterocycles. The summed E-state index contributed by atoms with van der Waals surface area (Å²) in [5.74, 6) is 0.216. The van der Waals surface area contributed by atoms with Crippen LogP contribution in [0.5, 0.6) is 0 Å². The molecule has 0 aliphatic carbocycles. The minimum absolute atomic E-state index is 0.107. The van der Waals surface area contributed by atoms with Gasteiger partial charge in [-0.25, -0.2) is 9.13 Å². The maximum absolute atomic E-state index is 13.1. The van der Waals surface area contributed by atoms with Crippen molar-refractivity contribution in [2.24, 2.45) is 17.8 Å². The van der Waals surface area contributed by atoms with Gasteiger partial charge in [0.15, 0.2) is 12.2 Å². The van der Waals surface area contributed by atoms with Crippen LogP contribution in [0.4, 0.5) is 0 Å². The van der Waals surface area contributed by atoms with Crippen LogP contribution in [-0.2, 0) is 65.4 Å². The van der Waals surface area contributed by atoms with Crippen molar-refractivity contribution >= 4 is 39.5 Å². The molecule has 0 aliphatic rings. The highest BCUT2D eigenvalue weighted by Gasteiger charge is 2.30. The van der Waals surface area contributed by atoms with Crippen molar-refractivity contribution in [2.45, 2.75) is 446 Å². The number of hydrogen-bond donors (Lipinski definition) is 3. The van der Waals surface area contributed by atoms with Crippen LogP contribution in [0, 0.1) is 17.8 Å². The standard InChI is InChI=1S/C82H160O17P2/c1-8-10-11-12-13-14-15-16-17-18-19-27-32-37-42-51-58-66-82(87)99-78(70-93-80(85)64-57-50-45-44-48-55-62-75(7)9-2)72-97-101(90,91)95-68-76(83)67-94-100(88,89)96-71-77(98-81(86)65-59-52-43-38-33-28-23-21-25-30-35-40-47-54-61-74(5)6)69-92-79(84)63-56-49-41-36-31-26-22-20-24-29-34-39-46-53-60-73(3)4/h73-78,83H,8-72H2,1-7H3,(H,88,89)(H,90,91)/t75?,76-,77-,78-/m1/s1. The Balaban J connectivity index is 5.25. The zero-order valence-corrected chi connectivity index (χ0v) is 68.2. The van der Waals surface area contributed by atoms with E-state index in [1.165, 1.54) is 231 Å². The predicted octanol–water partition coefficient (Wildman–Crippen LogP) is 24.5. The van der Waals surface area contributed by atoms with E-state index in [2.05, 4.69) is 48.5 Å². The van der Waals surface area contributed by atoms with Crippen LogP contribution in [0.25, 0.3) is 0 Å². The molecule has 0 spiro atoms. The lowest BCUT2D eigenvalue weighted by Crippen LogP contribution is -2.30. The highest BCUT2D eigenvalue weighted by Crippen LogP contribution is 2.45. The minimum atomic E-state index is -4.96. The van der Waals surface area contributed by atoms with Crippen molar-refractivity contribution in [3.63, 3.8) is 0 Å². The molecule has 101 heavy (non-hydrogen) atoms. The van der Waals surface area contributed by atoms with E-state index in [4.69, 9.17) is 37.0 Å². The molecule has 0 aromatic rings. The van der Waals surface area contributed by atoms with E-state index in [0.29, 0.717) is 25.7 Å². The van der Waals surface area contributed by atoms with E-state index < -0.39 is 97.5 Å². The average molecular weight is 1480 g/mol. The second-order valence-corrected chi connectivity index (χ2v) is 33.6. The zero-order valence-electron chi connectivity index (χ0n) is 66.4. The molecule has 0 fully saturated rings. The zero-order chi connectivity index (χ0) is 74.4. The molecule has 0 rings (SSSR count). The summed E-state index contributed by atoms with van der Waals surface area (Å²) < 4.78 is 68.8. The van der Waals surface area contributed by atoms with Gasteiger partial charge >= 0.3 is 39.5 Å². The Kier molecular flexibility index (Phi) is 70.9. The number of rotatable bonds is 80. The molecule has 6 atom stereocenters. The molecule has 0 amide bonds. The summed E-state index contributed by atoms with van der Waals surface area (Å²) in [4.78, 5) is 73.1. The van der Waals surface area contributed by atoms with E-state index in [9.17, 15) is 43.2 Å². The number of hydrogen-bond acceptors (Lipinski definition) is 15. The van der Waals surface area contributed by atoms with Gasteiger partial charge in [0.1, 0.15) is 19.3 Å². The summed E-state index contributed by atoms with van der Waals surface area (Å²) in [5.41, 5.74) is 0. The first-order valence-corrected chi connectivity index (χ1v) is 45.4. The summed E-state index contributed by atoms with van der Waals surface area (Å²) in [6.45, 7) is 12.0. The maximum Gasteiger partial charge on any atom is 0.472 e. The van der Waals surface area contributed by atoms with Crippen LogP contribution in [0.3, 0.4) is 0 Å². The van der Waals surface area contributed by atoms with Crippen LogP contribution < -0.4 is 0 Å². The highest BCUT2D eigenvalue weighted by atomic mass is 31.2. The number of carbonyl (C=O) groups excluding carboxylic acids is 4. The van der Waals surface area contributed by atoms with Gasteiger partial charge in [-0.1, -0.05) is 376 Å². The van der Waals surface area contributed by atoms with Crippen LogP contribution in [-0.4, -0.2) is 96.7 Å². The number of unbranched alkanes of at least 4 members (excludes halogenated alkanes) is 47. The second kappa shape index (κ2) is 72.3. The van der Waals surface area contributed by atoms with Gasteiger partial charge in [0.2, 0.25) is 0 Å². The van der Waals surface area contributed by atoms with Gasteiger partial charge < -0.3 is 33.8 Å². The average Bonchev–Trinajstić information content (AvgIpc) is 0.922. The number of carbonyl (C=O) groups is 4. The molecule has 0 aromatic heterocycles. The third kappa shape index (κ3) is 74.7. The summed E-state index contributed by atoms with van der Waals surface area (Å²) in [7, 11) is -9.92. The largest absolute Gasteiger partial charge is 0.472 e. The van der Waals surface area contributed by atoms with Gasteiger partial charge in [-0.05, 0) is 43.4 Å². The van der Waals surface area contributed by atoms with Crippen molar-refractivity contribution < 1.29 is 80.2 Å². The van der Waals surface area contributed by atoms with Crippen LogP contribution in [0.15, 0.2) is 0 Å². The first-order valence-electron chi connectivity index (χ1n) is 42.4. The van der Waals surface area contributed by atoms with Gasteiger partial charge in [0.05, 0.1) is 26.4 Å². The van der Waals surface area contributed by atoms with E-state index in [0.717, 1.165) is 114 Å². The van der Waals surface area contributed by atoms with Crippen molar-refractivity contribution in [1.82, 2.24) is 0 Å². The van der Waals surface area contributed by atoms with Gasteiger partial charge in [0, 0.05) is 25.7 Å². The topological polar surface area (TPSA) is 237 Å². The summed E-state index contributed by atoms with van der Waals surface area (Å²) in [6.07, 6.45) is 61.0. The Morgan fingerprint density at radius 3 is 0.752 bits per heavy atom. The summed E-state index contributed by atoms with van der Waals surface area (Å²) in [6, 6.07) is 0. The van der Waals surface area contributed by atoms with Gasteiger partial charge in [0.25, 0.3) is 0 Å². The van der Waals surface area contributed by atoms with Crippen molar-refractivity contribution in [1.29, 1.82) is 0 Å². The Morgan fingerprint density at radius 2 is 0.505 bits per heavy atom. The molecule has 0 aromatic carbocycles. The minimum Gasteiger partial charge on any atom is -0.462 e. The van der Waals surface area contributed by atoms with Gasteiger partial charge in [-0.3, -0.25) is 37.3 Å². The third-order valence-electron chi connectivity index (χ3n) is 19.5. The normalized spacial score (nSPS) is 14.2. The van der Waals surface area contributed by atoms with E-state index in [1.807, 2.05) is 0 Å². The third-order valence-corrected chi connectivity index (χ3v) is 21.4. The first kappa shape index (κ1) is 99.1. The first-order chi connectivity index (χ1) is 48.8. The smallest absolute Gasteiger partial charge is 0.462 e. The number of esters is 4. The maximum atomic E-state index is 13.1. The molecule has 3 unspecified atom stereocenters. The SMILES string of the molecule is CCCCCCCCCCCCCCCCCCCC(=O)O[C@H](COC(=O)CCCCCCCCC(C)CC)COP(=O)(O)OC[C@H](O)COP(=O)(O)OC[C@@H](COC(=O)CCCCCCCCCCCCCCCCC(C)C)OC(=O)CCCCCCCCCCCCCCCCC(C)C. The quantitative estimate of drug-likeness (QED) is 0.0222. The number of ether oxygens (including phenoxy) is 4. The molecule has 19 heteroatoms. The summed E-state index contributed by atoms with van der Waals surface area (Å²) in [5, 5.41) is 10.7. The van der Waals surface area contributed by atoms with E-state index in [1.54, 1.807) is 0 Å². The van der Waals surface area contributed by atoms with Crippen molar-refractivity contribution in [2.75, 3.05) is 39.6 Å². The molecule has 0 aliphatic heterocycles. The molecule has 0 radical (unpaired) electrons. The number of phosphoric acid groups is 2. The van der Waals surface area contributed by atoms with Crippen LogP contribution in [0.1, 0.15) is 427 Å². The fourth-order valence-corrected chi connectivity index (χ4v) is 14.2. The molecule has 17 nitrogen and oxygen atoms in total. The molecular formula is C82H160O17P2. The molecular weight excluding hydrogens is 1320 g/mol. The van der Waals surface area contributed by atoms with Crippen LogP contribution in [0.2, 0.25) is 0 Å². The fraction of sp³-hybridized carbons (Fsp3) is 0.951. The molecule has 0 saturated carbocycles. The van der Waals surface area contributed by atoms with Crippen LogP contribution >= 0.6 is 15.6 Å². The molecule has 3 N–H and O–H groups in total. The number of phosphoric ester groups is 2. The van der Waals surface area contributed by atoms with E-state index >= 15 is 0 Å². The lowest BCUT2D eigenvalue weighted by molar-refractivity contribution is -0.161. The fourth-order valence-electron chi connectivity index (χ4n) is 12.6. The van der Waals surface area contributed by atoms with Crippen molar-refractivity contribution in [3.05, 3.63) is 0 Å². The number of aliphatic hydroxyl groups is 1. The monoisotopic (exact) mass is 1480 g/mol. The summed E-state index contributed by atoms with van der Waals surface area (Å²) >= 11 is 0. The lowest BCUT2D eigenvalue weighted by Gasteiger charge is -2.21. The Hall–Kier alpha value is -1.94. The van der Waals surface area contributed by atoms with Gasteiger partial charge in [-0.2, -0.15) is 0 Å². The molecule has 0 saturated heterocycles.